The molecule has 0 atom stereocenters. The summed E-state index contributed by atoms with van der Waals surface area (Å²) in [6.45, 7) is 0.0665. The van der Waals surface area contributed by atoms with Crippen LogP contribution in [0.25, 0.3) is 0 Å². The minimum Gasteiger partial charge on any atom is -0.336 e. The summed E-state index contributed by atoms with van der Waals surface area (Å²) in [5.41, 5.74) is -0.911. The second-order valence-electron chi connectivity index (χ2n) is 6.32. The molecule has 2 aromatic rings. The fraction of sp³-hybridized carbons (Fsp3) is 0.278. The Hall–Kier alpha value is -1.81. The molecule has 156 valence electrons. The van der Waals surface area contributed by atoms with Crippen LogP contribution in [0.15, 0.2) is 47.4 Å². The number of benzene rings is 2. The van der Waals surface area contributed by atoms with Gasteiger partial charge in [0.2, 0.25) is 10.0 Å². The number of piperazine rings is 1. The lowest BCUT2D eigenvalue weighted by atomic mass is 10.2. The first kappa shape index (κ1) is 21.9. The highest BCUT2D eigenvalue weighted by molar-refractivity contribution is 7.89. The van der Waals surface area contributed by atoms with Gasteiger partial charge in [-0.15, -0.1) is 0 Å². The molecule has 1 heterocycles. The summed E-state index contributed by atoms with van der Waals surface area (Å²) in [5.74, 6) is -0.335. The van der Waals surface area contributed by atoms with Crippen molar-refractivity contribution in [2.75, 3.05) is 26.2 Å². The third-order valence-corrected chi connectivity index (χ3v) is 7.06. The van der Waals surface area contributed by atoms with E-state index in [1.54, 1.807) is 24.3 Å². The maximum Gasteiger partial charge on any atom is 0.417 e. The molecule has 0 saturated carbocycles. The van der Waals surface area contributed by atoms with Crippen LogP contribution in [-0.4, -0.2) is 49.7 Å². The zero-order valence-corrected chi connectivity index (χ0v) is 17.1. The molecule has 1 saturated heterocycles. The van der Waals surface area contributed by atoms with Crippen molar-refractivity contribution in [1.29, 1.82) is 0 Å². The van der Waals surface area contributed by atoms with Crippen molar-refractivity contribution < 1.29 is 26.4 Å². The highest BCUT2D eigenvalue weighted by atomic mass is 35.5. The van der Waals surface area contributed by atoms with E-state index in [1.807, 2.05) is 0 Å². The third-order valence-electron chi connectivity index (χ3n) is 4.51. The van der Waals surface area contributed by atoms with E-state index in [1.165, 1.54) is 4.90 Å². The number of halogens is 5. The average molecular weight is 467 g/mol. The molecule has 0 aliphatic carbocycles. The molecule has 0 radical (unpaired) electrons. The van der Waals surface area contributed by atoms with Gasteiger partial charge in [-0.25, -0.2) is 8.42 Å². The van der Waals surface area contributed by atoms with Gasteiger partial charge in [-0.05, 0) is 30.3 Å². The van der Waals surface area contributed by atoms with Crippen molar-refractivity contribution >= 4 is 39.1 Å². The summed E-state index contributed by atoms with van der Waals surface area (Å²) in [6, 6.07) is 8.97. The molecule has 5 nitrogen and oxygen atoms in total. The molecule has 1 aliphatic heterocycles. The first-order valence-corrected chi connectivity index (χ1v) is 10.6. The van der Waals surface area contributed by atoms with Gasteiger partial charge in [0.1, 0.15) is 0 Å². The monoisotopic (exact) mass is 466 g/mol. The normalized spacial score (nSPS) is 16.1. The number of alkyl halides is 3. The first-order chi connectivity index (χ1) is 13.5. The van der Waals surface area contributed by atoms with Crippen LogP contribution in [-0.2, 0) is 16.2 Å². The Bertz CT molecular complexity index is 1040. The summed E-state index contributed by atoms with van der Waals surface area (Å²) in [6.07, 6.45) is -4.78. The van der Waals surface area contributed by atoms with Crippen LogP contribution >= 0.6 is 23.2 Å². The van der Waals surface area contributed by atoms with Crippen molar-refractivity contribution in [2.45, 2.75) is 11.1 Å². The van der Waals surface area contributed by atoms with E-state index in [9.17, 15) is 26.4 Å². The number of rotatable bonds is 3. The maximum absolute atomic E-state index is 13.0. The molecule has 0 unspecified atom stereocenters. The lowest BCUT2D eigenvalue weighted by Gasteiger charge is -2.34. The quantitative estimate of drug-likeness (QED) is 0.682. The van der Waals surface area contributed by atoms with Gasteiger partial charge in [0.05, 0.1) is 26.1 Å². The van der Waals surface area contributed by atoms with Crippen LogP contribution in [0.1, 0.15) is 15.9 Å². The number of hydrogen-bond acceptors (Lipinski definition) is 3. The summed E-state index contributed by atoms with van der Waals surface area (Å²) < 4.78 is 65.7. The van der Waals surface area contributed by atoms with Gasteiger partial charge >= 0.3 is 6.18 Å². The summed E-state index contributed by atoms with van der Waals surface area (Å²) in [5, 5.41) is -0.292. The smallest absolute Gasteiger partial charge is 0.336 e. The Labute approximate surface area is 175 Å². The molecule has 0 spiro atoms. The minimum atomic E-state index is -4.78. The van der Waals surface area contributed by atoms with Gasteiger partial charge in [-0.1, -0.05) is 35.3 Å². The lowest BCUT2D eigenvalue weighted by Crippen LogP contribution is -2.50. The van der Waals surface area contributed by atoms with E-state index >= 15 is 0 Å². The van der Waals surface area contributed by atoms with Crippen LogP contribution in [0.2, 0.25) is 10.0 Å². The number of carbonyl (C=O) groups excluding carboxylic acids is 1. The molecule has 1 fully saturated rings. The Kier molecular flexibility index (Phi) is 6.14. The molecule has 11 heteroatoms. The molecule has 29 heavy (non-hydrogen) atoms. The minimum absolute atomic E-state index is 0.0531. The predicted octanol–water partition coefficient (Wildman–Crippen LogP) is 4.16. The average Bonchev–Trinajstić information content (AvgIpc) is 2.67. The Balaban J connectivity index is 1.77. The van der Waals surface area contributed by atoms with Crippen LogP contribution in [0.5, 0.6) is 0 Å². The standard InChI is InChI=1S/C18H15Cl2F3N2O3S/c19-15-4-2-1-3-13(15)17(26)24-7-9-25(10-8-24)29(27,28)12-5-6-16(20)14(11-12)18(21,22)23/h1-6,11H,7-10H2. The van der Waals surface area contributed by atoms with Crippen molar-refractivity contribution in [1.82, 2.24) is 9.21 Å². The Morgan fingerprint density at radius 3 is 2.14 bits per heavy atom. The number of hydrogen-bond donors (Lipinski definition) is 0. The SMILES string of the molecule is O=C(c1ccccc1Cl)N1CCN(S(=O)(=O)c2ccc(Cl)c(C(F)(F)F)c2)CC1. The van der Waals surface area contributed by atoms with Crippen LogP contribution in [0, 0.1) is 0 Å². The van der Waals surface area contributed by atoms with E-state index in [0.29, 0.717) is 11.6 Å². The van der Waals surface area contributed by atoms with Gasteiger partial charge in [-0.2, -0.15) is 17.5 Å². The van der Waals surface area contributed by atoms with Gasteiger partial charge in [0, 0.05) is 26.2 Å². The lowest BCUT2D eigenvalue weighted by molar-refractivity contribution is -0.137. The fourth-order valence-corrected chi connectivity index (χ4v) is 4.86. The summed E-state index contributed by atoms with van der Waals surface area (Å²) in [4.78, 5) is 13.5. The molecule has 2 aromatic carbocycles. The van der Waals surface area contributed by atoms with Crippen LogP contribution < -0.4 is 0 Å². The van der Waals surface area contributed by atoms with Gasteiger partial charge in [-0.3, -0.25) is 4.79 Å². The highest BCUT2D eigenvalue weighted by Gasteiger charge is 2.36. The third kappa shape index (κ3) is 4.53. The first-order valence-electron chi connectivity index (χ1n) is 8.42. The predicted molar refractivity (Wildman–Crippen MR) is 103 cm³/mol. The maximum atomic E-state index is 13.0. The molecule has 0 aromatic heterocycles. The van der Waals surface area contributed by atoms with Gasteiger partial charge in [0.25, 0.3) is 5.91 Å². The van der Waals surface area contributed by atoms with E-state index in [2.05, 4.69) is 0 Å². The summed E-state index contributed by atoms with van der Waals surface area (Å²) >= 11 is 11.6. The molecule has 1 amide bonds. The van der Waals surface area contributed by atoms with E-state index in [-0.39, 0.29) is 37.1 Å². The Morgan fingerprint density at radius 1 is 0.931 bits per heavy atom. The van der Waals surface area contributed by atoms with Gasteiger partial charge < -0.3 is 4.90 Å². The number of sulfonamides is 1. The highest BCUT2D eigenvalue weighted by Crippen LogP contribution is 2.36. The van der Waals surface area contributed by atoms with E-state index in [4.69, 9.17) is 23.2 Å². The zero-order chi connectivity index (χ0) is 21.4. The molecule has 0 N–H and O–H groups in total. The van der Waals surface area contributed by atoms with E-state index < -0.39 is 31.7 Å². The van der Waals surface area contributed by atoms with Crippen molar-refractivity contribution in [2.24, 2.45) is 0 Å². The molecule has 0 bridgehead atoms. The molecular weight excluding hydrogens is 452 g/mol. The molecule has 1 aliphatic rings. The van der Waals surface area contributed by atoms with Crippen molar-refractivity contribution in [3.05, 3.63) is 63.6 Å². The van der Waals surface area contributed by atoms with Crippen LogP contribution in [0.3, 0.4) is 0 Å². The van der Waals surface area contributed by atoms with Crippen LogP contribution in [0.4, 0.5) is 13.2 Å². The fourth-order valence-electron chi connectivity index (χ4n) is 2.97. The van der Waals surface area contributed by atoms with E-state index in [0.717, 1.165) is 16.4 Å². The second-order valence-corrected chi connectivity index (χ2v) is 9.07. The molecule has 3 rings (SSSR count). The summed E-state index contributed by atoms with van der Waals surface area (Å²) in [7, 11) is -4.17. The zero-order valence-electron chi connectivity index (χ0n) is 14.8. The molecular formula is C18H15Cl2F3N2O3S. The number of amides is 1. The van der Waals surface area contributed by atoms with Gasteiger partial charge in [0.15, 0.2) is 0 Å². The largest absolute Gasteiger partial charge is 0.417 e. The second kappa shape index (κ2) is 8.14. The van der Waals surface area contributed by atoms with Crippen molar-refractivity contribution in [3.63, 3.8) is 0 Å². The van der Waals surface area contributed by atoms with Crippen molar-refractivity contribution in [3.8, 4) is 0 Å². The Morgan fingerprint density at radius 2 is 1.55 bits per heavy atom. The number of nitrogens with zero attached hydrogens (tertiary/aromatic N) is 2. The topological polar surface area (TPSA) is 57.7 Å². The number of carbonyl (C=O) groups is 1.